The molecule has 0 aromatic heterocycles. The molecular weight excluding hydrogens is 314 g/mol. The molecule has 7 atom stereocenters. The first-order chi connectivity index (χ1) is 12.0. The summed E-state index contributed by atoms with van der Waals surface area (Å²) in [5.74, 6) is 1.99. The van der Waals surface area contributed by atoms with Gasteiger partial charge in [-0.15, -0.1) is 0 Å². The highest BCUT2D eigenvalue weighted by Gasteiger charge is 2.65. The van der Waals surface area contributed by atoms with Gasteiger partial charge in [0, 0.05) is 19.0 Å². The van der Waals surface area contributed by atoms with Crippen molar-refractivity contribution in [1.82, 2.24) is 4.90 Å². The molecule has 5 rings (SSSR count). The van der Waals surface area contributed by atoms with Gasteiger partial charge in [-0.25, -0.2) is 0 Å². The van der Waals surface area contributed by atoms with Gasteiger partial charge in [0.1, 0.15) is 6.10 Å². The van der Waals surface area contributed by atoms with E-state index in [0.717, 1.165) is 45.0 Å². The number of hydrogen-bond donors (Lipinski definition) is 0. The van der Waals surface area contributed by atoms with Crippen LogP contribution >= 0.6 is 0 Å². The van der Waals surface area contributed by atoms with Gasteiger partial charge in [-0.3, -0.25) is 4.79 Å². The van der Waals surface area contributed by atoms with Crippen LogP contribution in [-0.4, -0.2) is 48.8 Å². The topological polar surface area (TPSA) is 42.1 Å². The Labute approximate surface area is 151 Å². The number of ether oxygens (including phenoxy) is 2. The molecule has 5 aliphatic rings. The van der Waals surface area contributed by atoms with Crippen molar-refractivity contribution in [3.05, 3.63) is 0 Å². The van der Waals surface area contributed by atoms with Crippen LogP contribution in [0.2, 0.25) is 0 Å². The summed E-state index contributed by atoms with van der Waals surface area (Å²) >= 11 is 0. The van der Waals surface area contributed by atoms with E-state index in [1.165, 1.54) is 32.1 Å². The highest BCUT2D eigenvalue weighted by atomic mass is 16.6. The summed E-state index contributed by atoms with van der Waals surface area (Å²) < 4.78 is 12.0. The molecule has 0 N–H and O–H groups in total. The van der Waals surface area contributed by atoms with Crippen LogP contribution in [0.25, 0.3) is 0 Å². The molecule has 0 unspecified atom stereocenters. The van der Waals surface area contributed by atoms with Crippen LogP contribution in [0.3, 0.4) is 0 Å². The van der Waals surface area contributed by atoms with E-state index in [4.69, 9.17) is 9.47 Å². The summed E-state index contributed by atoms with van der Waals surface area (Å²) in [4.78, 5) is 15.2. The van der Waals surface area contributed by atoms with Crippen LogP contribution in [0.1, 0.15) is 58.8 Å². The van der Waals surface area contributed by atoms with Crippen LogP contribution in [0, 0.1) is 29.1 Å². The van der Waals surface area contributed by atoms with Crippen LogP contribution in [-0.2, 0) is 14.3 Å². The smallest absolute Gasteiger partial charge is 0.310 e. The number of fused-ring (bicyclic) bond motifs is 3. The largest absolute Gasteiger partial charge is 0.462 e. The van der Waals surface area contributed by atoms with Gasteiger partial charge >= 0.3 is 5.97 Å². The first-order valence-corrected chi connectivity index (χ1v) is 10.6. The van der Waals surface area contributed by atoms with Gasteiger partial charge < -0.3 is 14.4 Å². The van der Waals surface area contributed by atoms with E-state index in [1.807, 2.05) is 0 Å². The first-order valence-electron chi connectivity index (χ1n) is 10.6. The van der Waals surface area contributed by atoms with Crippen LogP contribution < -0.4 is 0 Å². The van der Waals surface area contributed by atoms with Gasteiger partial charge in [0.15, 0.2) is 0 Å². The van der Waals surface area contributed by atoms with Crippen molar-refractivity contribution in [2.24, 2.45) is 29.1 Å². The predicted octanol–water partition coefficient (Wildman–Crippen LogP) is 3.25. The molecular formula is C21H33NO3. The Bertz CT molecular complexity index is 559. The molecule has 0 aromatic rings. The van der Waals surface area contributed by atoms with Crippen molar-refractivity contribution in [3.8, 4) is 0 Å². The Morgan fingerprint density at radius 1 is 1.28 bits per heavy atom. The zero-order chi connectivity index (χ0) is 17.2. The number of epoxide rings is 1. The molecule has 2 saturated carbocycles. The Morgan fingerprint density at radius 3 is 2.88 bits per heavy atom. The number of carbonyl (C=O) groups excluding carboxylic acids is 1. The van der Waals surface area contributed by atoms with Gasteiger partial charge in [0.05, 0.1) is 18.1 Å². The van der Waals surface area contributed by atoms with Crippen LogP contribution in [0.15, 0.2) is 0 Å². The Balaban J connectivity index is 1.34. The summed E-state index contributed by atoms with van der Waals surface area (Å²) in [5.41, 5.74) is 0.471. The summed E-state index contributed by atoms with van der Waals surface area (Å²) in [6.45, 7) is 8.94. The SMILES string of the molecule is C[C@@H]1CCCN(C[C@@H]2C(=O)O[C@@H]3C[C@@]4(C)CCC[C@]5(CO5)[C@H]4C[C@H]23)C1. The van der Waals surface area contributed by atoms with E-state index in [2.05, 4.69) is 18.7 Å². The molecule has 3 heterocycles. The average Bonchev–Trinajstić information content (AvgIpc) is 3.26. The molecule has 25 heavy (non-hydrogen) atoms. The fourth-order valence-electron chi connectivity index (χ4n) is 6.90. The maximum atomic E-state index is 12.7. The lowest BCUT2D eigenvalue weighted by Gasteiger charge is -2.51. The highest BCUT2D eigenvalue weighted by molar-refractivity contribution is 5.75. The highest BCUT2D eigenvalue weighted by Crippen LogP contribution is 2.62. The van der Waals surface area contributed by atoms with E-state index < -0.39 is 0 Å². The number of piperidine rings is 1. The standard InChI is InChI=1S/C21H33NO3/c1-14-5-3-8-22(11-14)12-16-15-9-18-20(2,10-17(15)25-19(16)23)6-4-7-21(18)13-24-21/h14-18H,3-13H2,1-2H3/t14-,15-,16+,17-,18+,20-,21+/m1/s1. The fourth-order valence-corrected chi connectivity index (χ4v) is 6.90. The van der Waals surface area contributed by atoms with E-state index >= 15 is 0 Å². The van der Waals surface area contributed by atoms with Gasteiger partial charge in [-0.1, -0.05) is 13.8 Å². The molecule has 4 nitrogen and oxygen atoms in total. The van der Waals surface area contributed by atoms with Crippen molar-refractivity contribution in [3.63, 3.8) is 0 Å². The zero-order valence-corrected chi connectivity index (χ0v) is 15.8. The van der Waals surface area contributed by atoms with Crippen molar-refractivity contribution >= 4 is 5.97 Å². The minimum absolute atomic E-state index is 0.0845. The molecule has 3 saturated heterocycles. The Hall–Kier alpha value is -0.610. The monoisotopic (exact) mass is 347 g/mol. The summed E-state index contributed by atoms with van der Waals surface area (Å²) in [6, 6.07) is 0. The molecule has 3 aliphatic heterocycles. The average molecular weight is 347 g/mol. The molecule has 0 bridgehead atoms. The van der Waals surface area contributed by atoms with E-state index in [1.54, 1.807) is 0 Å². The number of esters is 1. The van der Waals surface area contributed by atoms with Crippen molar-refractivity contribution in [2.45, 2.75) is 70.5 Å². The molecule has 4 heteroatoms. The fraction of sp³-hybridized carbons (Fsp3) is 0.952. The summed E-state index contributed by atoms with van der Waals surface area (Å²) in [6.07, 6.45) is 8.74. The first kappa shape index (κ1) is 16.6. The molecule has 1 spiro atoms. The number of likely N-dealkylation sites (tertiary alicyclic amines) is 1. The third-order valence-electron chi connectivity index (χ3n) is 8.28. The minimum Gasteiger partial charge on any atom is -0.462 e. The van der Waals surface area contributed by atoms with Crippen LogP contribution in [0.5, 0.6) is 0 Å². The van der Waals surface area contributed by atoms with E-state index in [-0.39, 0.29) is 23.6 Å². The molecule has 0 radical (unpaired) electrons. The summed E-state index contributed by atoms with van der Waals surface area (Å²) in [5, 5.41) is 0. The third-order valence-corrected chi connectivity index (χ3v) is 8.28. The lowest BCUT2D eigenvalue weighted by atomic mass is 9.53. The van der Waals surface area contributed by atoms with Crippen molar-refractivity contribution in [2.75, 3.05) is 26.2 Å². The molecule has 0 aromatic carbocycles. The number of carbonyl (C=O) groups is 1. The minimum atomic E-state index is 0.0845. The zero-order valence-electron chi connectivity index (χ0n) is 15.8. The molecule has 2 aliphatic carbocycles. The molecule has 140 valence electrons. The maximum absolute atomic E-state index is 12.7. The predicted molar refractivity (Wildman–Crippen MR) is 95.1 cm³/mol. The second-order valence-electron chi connectivity index (χ2n) is 10.1. The molecule has 0 amide bonds. The molecule has 5 fully saturated rings. The third kappa shape index (κ3) is 2.66. The lowest BCUT2D eigenvalue weighted by Crippen LogP contribution is -2.51. The Kier molecular flexibility index (Phi) is 3.77. The summed E-state index contributed by atoms with van der Waals surface area (Å²) in [7, 11) is 0. The van der Waals surface area contributed by atoms with E-state index in [9.17, 15) is 4.79 Å². The van der Waals surface area contributed by atoms with E-state index in [0.29, 0.717) is 17.3 Å². The number of nitrogens with zero attached hydrogens (tertiary/aromatic N) is 1. The maximum Gasteiger partial charge on any atom is 0.310 e. The van der Waals surface area contributed by atoms with Crippen molar-refractivity contribution in [1.29, 1.82) is 0 Å². The number of rotatable bonds is 2. The second-order valence-corrected chi connectivity index (χ2v) is 10.1. The van der Waals surface area contributed by atoms with Gasteiger partial charge in [-0.05, 0) is 68.7 Å². The van der Waals surface area contributed by atoms with Gasteiger partial charge in [-0.2, -0.15) is 0 Å². The van der Waals surface area contributed by atoms with Crippen LogP contribution in [0.4, 0.5) is 0 Å². The van der Waals surface area contributed by atoms with Crippen molar-refractivity contribution < 1.29 is 14.3 Å². The lowest BCUT2D eigenvalue weighted by molar-refractivity contribution is -0.147. The van der Waals surface area contributed by atoms with Gasteiger partial charge in [0.25, 0.3) is 0 Å². The Morgan fingerprint density at radius 2 is 2.12 bits per heavy atom. The quantitative estimate of drug-likeness (QED) is 0.568. The number of hydrogen-bond acceptors (Lipinski definition) is 4. The van der Waals surface area contributed by atoms with Gasteiger partial charge in [0.2, 0.25) is 0 Å². The second kappa shape index (κ2) is 5.69. The normalized spacial score (nSPS) is 52.6.